The van der Waals surface area contributed by atoms with Crippen LogP contribution in [0.25, 0.3) is 0 Å². The van der Waals surface area contributed by atoms with E-state index in [0.29, 0.717) is 28.6 Å². The SMILES string of the molecule is CC(C)NC(=O)c1ccc(NC(=O)c2ccccc2SCC(=O)N(C)C2CCCCC2)cc1. The Labute approximate surface area is 200 Å². The minimum atomic E-state index is -0.245. The summed E-state index contributed by atoms with van der Waals surface area (Å²) in [5.74, 6) is 0.00663. The minimum Gasteiger partial charge on any atom is -0.350 e. The fourth-order valence-corrected chi connectivity index (χ4v) is 4.92. The molecule has 1 aliphatic carbocycles. The van der Waals surface area contributed by atoms with E-state index >= 15 is 0 Å². The lowest BCUT2D eigenvalue weighted by atomic mass is 9.94. The van der Waals surface area contributed by atoms with Crippen LogP contribution in [0.1, 0.15) is 66.7 Å². The molecule has 176 valence electrons. The fourth-order valence-electron chi connectivity index (χ4n) is 3.94. The van der Waals surface area contributed by atoms with Crippen molar-refractivity contribution < 1.29 is 14.4 Å². The fraction of sp³-hybridized carbons (Fsp3) is 0.423. The summed E-state index contributed by atoms with van der Waals surface area (Å²) in [5.41, 5.74) is 1.67. The van der Waals surface area contributed by atoms with Crippen molar-refractivity contribution in [3.8, 4) is 0 Å². The van der Waals surface area contributed by atoms with Crippen molar-refractivity contribution in [2.75, 3.05) is 18.1 Å². The van der Waals surface area contributed by atoms with E-state index in [1.54, 1.807) is 30.3 Å². The molecule has 0 heterocycles. The van der Waals surface area contributed by atoms with Crippen LogP contribution in [0.5, 0.6) is 0 Å². The number of hydrogen-bond acceptors (Lipinski definition) is 4. The van der Waals surface area contributed by atoms with E-state index in [9.17, 15) is 14.4 Å². The lowest BCUT2D eigenvalue weighted by Gasteiger charge is -2.31. The number of carbonyl (C=O) groups excluding carboxylic acids is 3. The van der Waals surface area contributed by atoms with E-state index in [2.05, 4.69) is 10.6 Å². The predicted molar refractivity (Wildman–Crippen MR) is 134 cm³/mol. The summed E-state index contributed by atoms with van der Waals surface area (Å²) in [5, 5.41) is 5.73. The van der Waals surface area contributed by atoms with Crippen molar-refractivity contribution in [3.63, 3.8) is 0 Å². The van der Waals surface area contributed by atoms with Gasteiger partial charge >= 0.3 is 0 Å². The van der Waals surface area contributed by atoms with Crippen molar-refractivity contribution in [3.05, 3.63) is 59.7 Å². The third-order valence-corrected chi connectivity index (χ3v) is 6.88. The van der Waals surface area contributed by atoms with Crippen molar-refractivity contribution in [2.24, 2.45) is 0 Å². The van der Waals surface area contributed by atoms with E-state index in [0.717, 1.165) is 17.7 Å². The number of hydrogen-bond donors (Lipinski definition) is 2. The highest BCUT2D eigenvalue weighted by Gasteiger charge is 2.22. The summed E-state index contributed by atoms with van der Waals surface area (Å²) in [6, 6.07) is 14.5. The van der Waals surface area contributed by atoms with Gasteiger partial charge in [-0.05, 0) is 63.1 Å². The first kappa shape index (κ1) is 24.8. The van der Waals surface area contributed by atoms with Gasteiger partial charge in [-0.3, -0.25) is 14.4 Å². The number of nitrogens with zero attached hydrogens (tertiary/aromatic N) is 1. The molecule has 1 aliphatic rings. The molecule has 6 nitrogen and oxygen atoms in total. The summed E-state index contributed by atoms with van der Waals surface area (Å²) >= 11 is 1.39. The second-order valence-electron chi connectivity index (χ2n) is 8.74. The Morgan fingerprint density at radius 2 is 1.64 bits per heavy atom. The zero-order valence-electron chi connectivity index (χ0n) is 19.6. The number of amides is 3. The Bertz CT molecular complexity index is 969. The molecule has 0 atom stereocenters. The first-order valence-electron chi connectivity index (χ1n) is 11.5. The number of anilines is 1. The summed E-state index contributed by atoms with van der Waals surface area (Å²) in [6.07, 6.45) is 5.76. The number of benzene rings is 2. The Morgan fingerprint density at radius 3 is 2.30 bits per heavy atom. The van der Waals surface area contributed by atoms with Gasteiger partial charge in [0.1, 0.15) is 0 Å². The van der Waals surface area contributed by atoms with Crippen LogP contribution in [0.3, 0.4) is 0 Å². The molecule has 0 aromatic heterocycles. The Kier molecular flexibility index (Phi) is 8.95. The topological polar surface area (TPSA) is 78.5 Å². The van der Waals surface area contributed by atoms with Crippen molar-refractivity contribution in [1.29, 1.82) is 0 Å². The second-order valence-corrected chi connectivity index (χ2v) is 9.76. The average Bonchev–Trinajstić information content (AvgIpc) is 2.82. The van der Waals surface area contributed by atoms with Gasteiger partial charge in [0, 0.05) is 35.3 Å². The molecule has 7 heteroatoms. The summed E-state index contributed by atoms with van der Waals surface area (Å²) < 4.78 is 0. The van der Waals surface area contributed by atoms with Crippen molar-refractivity contribution in [2.45, 2.75) is 62.9 Å². The van der Waals surface area contributed by atoms with Crippen LogP contribution in [-0.2, 0) is 4.79 Å². The van der Waals surface area contributed by atoms with Gasteiger partial charge in [-0.15, -0.1) is 11.8 Å². The smallest absolute Gasteiger partial charge is 0.256 e. The summed E-state index contributed by atoms with van der Waals surface area (Å²) in [4.78, 5) is 40.4. The van der Waals surface area contributed by atoms with E-state index in [1.165, 1.54) is 31.0 Å². The minimum absolute atomic E-state index is 0.0558. The largest absolute Gasteiger partial charge is 0.350 e. The normalized spacial score (nSPS) is 14.1. The van der Waals surface area contributed by atoms with Crippen molar-refractivity contribution >= 4 is 35.2 Å². The molecule has 0 aliphatic heterocycles. The van der Waals surface area contributed by atoms with Gasteiger partial charge in [-0.1, -0.05) is 31.4 Å². The van der Waals surface area contributed by atoms with Gasteiger partial charge in [-0.25, -0.2) is 0 Å². The molecule has 0 spiro atoms. The molecule has 2 aromatic carbocycles. The standard InChI is InChI=1S/C26H33N3O3S/c1-18(2)27-25(31)19-13-15-20(16-14-19)28-26(32)22-11-7-8-12-23(22)33-17-24(30)29(3)21-9-5-4-6-10-21/h7-8,11-16,18,21H,4-6,9-10,17H2,1-3H3,(H,27,31)(H,28,32). The molecule has 33 heavy (non-hydrogen) atoms. The lowest BCUT2D eigenvalue weighted by molar-refractivity contribution is -0.129. The van der Waals surface area contributed by atoms with Crippen LogP contribution in [0, 0.1) is 0 Å². The average molecular weight is 468 g/mol. The Morgan fingerprint density at radius 1 is 0.970 bits per heavy atom. The Balaban J connectivity index is 1.60. The molecule has 3 amide bonds. The first-order valence-corrected chi connectivity index (χ1v) is 12.5. The number of carbonyl (C=O) groups is 3. The first-order chi connectivity index (χ1) is 15.8. The molecular formula is C26H33N3O3S. The second kappa shape index (κ2) is 11.9. The third-order valence-electron chi connectivity index (χ3n) is 5.82. The molecule has 0 saturated heterocycles. The highest BCUT2D eigenvalue weighted by atomic mass is 32.2. The van der Waals surface area contributed by atoms with Gasteiger partial charge in [-0.2, -0.15) is 0 Å². The van der Waals surface area contributed by atoms with Crippen LogP contribution < -0.4 is 10.6 Å². The van der Waals surface area contributed by atoms with Crippen LogP contribution in [0.2, 0.25) is 0 Å². The van der Waals surface area contributed by atoms with E-state index < -0.39 is 0 Å². The monoisotopic (exact) mass is 467 g/mol. The highest BCUT2D eigenvalue weighted by Crippen LogP contribution is 2.26. The predicted octanol–water partition coefficient (Wildman–Crippen LogP) is 4.96. The quantitative estimate of drug-likeness (QED) is 0.538. The number of rotatable bonds is 8. The molecule has 0 bridgehead atoms. The molecule has 2 N–H and O–H groups in total. The molecular weight excluding hydrogens is 434 g/mol. The summed E-state index contributed by atoms with van der Waals surface area (Å²) in [7, 11) is 1.89. The van der Waals surface area contributed by atoms with Gasteiger partial charge in [0.25, 0.3) is 11.8 Å². The number of thioether (sulfide) groups is 1. The number of nitrogens with one attached hydrogen (secondary N) is 2. The maximum Gasteiger partial charge on any atom is 0.256 e. The molecule has 0 radical (unpaired) electrons. The van der Waals surface area contributed by atoms with Crippen LogP contribution in [0.15, 0.2) is 53.4 Å². The molecule has 1 fully saturated rings. The van der Waals surface area contributed by atoms with E-state index in [1.807, 2.05) is 44.0 Å². The van der Waals surface area contributed by atoms with Gasteiger partial charge in [0.05, 0.1) is 11.3 Å². The zero-order chi connectivity index (χ0) is 23.8. The molecule has 3 rings (SSSR count). The Hall–Kier alpha value is -2.80. The van der Waals surface area contributed by atoms with Crippen LogP contribution >= 0.6 is 11.8 Å². The maximum atomic E-state index is 12.9. The molecule has 0 unspecified atom stereocenters. The van der Waals surface area contributed by atoms with Crippen LogP contribution in [-0.4, -0.2) is 47.5 Å². The molecule has 1 saturated carbocycles. The van der Waals surface area contributed by atoms with Gasteiger partial charge in [0.2, 0.25) is 5.91 Å². The summed E-state index contributed by atoms with van der Waals surface area (Å²) in [6.45, 7) is 3.81. The maximum absolute atomic E-state index is 12.9. The highest BCUT2D eigenvalue weighted by molar-refractivity contribution is 8.00. The van der Waals surface area contributed by atoms with Crippen LogP contribution in [0.4, 0.5) is 5.69 Å². The lowest BCUT2D eigenvalue weighted by Crippen LogP contribution is -2.39. The van der Waals surface area contributed by atoms with Gasteiger partial charge in [0.15, 0.2) is 0 Å². The molecule has 2 aromatic rings. The third kappa shape index (κ3) is 7.09. The zero-order valence-corrected chi connectivity index (χ0v) is 20.4. The van der Waals surface area contributed by atoms with E-state index in [-0.39, 0.29) is 23.8 Å². The van der Waals surface area contributed by atoms with Gasteiger partial charge < -0.3 is 15.5 Å². The van der Waals surface area contributed by atoms with E-state index in [4.69, 9.17) is 0 Å². The van der Waals surface area contributed by atoms with Crippen molar-refractivity contribution in [1.82, 2.24) is 10.2 Å².